The molecule has 0 saturated carbocycles. The van der Waals surface area contributed by atoms with Crippen LogP contribution in [0.15, 0.2) is 73.1 Å². The Morgan fingerprint density at radius 1 is 0.906 bits per heavy atom. The van der Waals surface area contributed by atoms with Crippen LogP contribution in [0.4, 0.5) is 0 Å². The fraction of sp³-hybridized carbons (Fsp3) is 0.115. The lowest BCUT2D eigenvalue weighted by Crippen LogP contribution is -2.12. The number of benzene rings is 2. The van der Waals surface area contributed by atoms with E-state index in [0.29, 0.717) is 22.7 Å². The molecule has 32 heavy (non-hydrogen) atoms. The number of aryl methyl sites for hydroxylation is 1. The molecule has 6 heteroatoms. The van der Waals surface area contributed by atoms with Gasteiger partial charge < -0.3 is 9.47 Å². The second-order valence-corrected chi connectivity index (χ2v) is 7.49. The molecule has 0 bridgehead atoms. The van der Waals surface area contributed by atoms with Crippen molar-refractivity contribution in [3.63, 3.8) is 0 Å². The topological polar surface area (TPSA) is 66.2 Å². The van der Waals surface area contributed by atoms with Crippen molar-refractivity contribution in [1.29, 1.82) is 0 Å². The molecule has 2 aromatic carbocycles. The lowest BCUT2D eigenvalue weighted by Gasteiger charge is -2.09. The number of rotatable bonds is 4. The van der Waals surface area contributed by atoms with Gasteiger partial charge in [-0.25, -0.2) is 4.98 Å². The van der Waals surface area contributed by atoms with Gasteiger partial charge in [0.25, 0.3) is 5.91 Å². The highest BCUT2D eigenvalue weighted by Crippen LogP contribution is 2.36. The van der Waals surface area contributed by atoms with Gasteiger partial charge in [-0.1, -0.05) is 24.3 Å². The van der Waals surface area contributed by atoms with E-state index in [-0.39, 0.29) is 5.91 Å². The molecule has 3 aromatic heterocycles. The first-order valence-electron chi connectivity index (χ1n) is 10.2. The number of fused-ring (bicyclic) bond motifs is 2. The molecule has 0 aliphatic rings. The Hall–Kier alpha value is -4.19. The summed E-state index contributed by atoms with van der Waals surface area (Å²) in [5.74, 6) is 1.12. The van der Waals surface area contributed by atoms with E-state index in [4.69, 9.17) is 9.47 Å². The Labute approximate surface area is 185 Å². The van der Waals surface area contributed by atoms with Gasteiger partial charge in [-0.3, -0.25) is 14.3 Å². The third-order valence-corrected chi connectivity index (χ3v) is 5.55. The molecule has 0 amide bonds. The Kier molecular flexibility index (Phi) is 4.82. The minimum absolute atomic E-state index is 0.151. The molecular formula is C26H21N3O3. The summed E-state index contributed by atoms with van der Waals surface area (Å²) in [5, 5.41) is 1.69. The molecule has 6 nitrogen and oxygen atoms in total. The average molecular weight is 423 g/mol. The highest BCUT2D eigenvalue weighted by molar-refractivity contribution is 6.11. The zero-order valence-corrected chi connectivity index (χ0v) is 18.0. The van der Waals surface area contributed by atoms with Crippen molar-refractivity contribution in [1.82, 2.24) is 14.5 Å². The standard InChI is InChI=1S/C26H21N3O3/c1-16-13-20(18-7-4-5-9-22(18)28-16)26(30)29-15-21(19-8-6-12-27-25(19)29)17-10-11-23(31-2)24(14-17)32-3/h4-15H,1-3H3. The highest BCUT2D eigenvalue weighted by atomic mass is 16.5. The van der Waals surface area contributed by atoms with Crippen LogP contribution >= 0.6 is 0 Å². The fourth-order valence-electron chi connectivity index (χ4n) is 4.06. The van der Waals surface area contributed by atoms with E-state index in [1.165, 1.54) is 0 Å². The number of carbonyl (C=O) groups is 1. The summed E-state index contributed by atoms with van der Waals surface area (Å²) >= 11 is 0. The van der Waals surface area contributed by atoms with Gasteiger partial charge in [-0.05, 0) is 48.9 Å². The summed E-state index contributed by atoms with van der Waals surface area (Å²) in [6.07, 6.45) is 3.53. The van der Waals surface area contributed by atoms with Crippen LogP contribution in [0.5, 0.6) is 11.5 Å². The SMILES string of the molecule is COc1ccc(-c2cn(C(=O)c3cc(C)nc4ccccc34)c3ncccc23)cc1OC. The molecule has 158 valence electrons. The van der Waals surface area contributed by atoms with Gasteiger partial charge in [0.15, 0.2) is 11.5 Å². The fourth-order valence-corrected chi connectivity index (χ4v) is 4.06. The van der Waals surface area contributed by atoms with Gasteiger partial charge in [0.05, 0.1) is 25.3 Å². The number of para-hydroxylation sites is 1. The molecule has 5 aromatic rings. The van der Waals surface area contributed by atoms with Crippen molar-refractivity contribution in [3.05, 3.63) is 84.3 Å². The van der Waals surface area contributed by atoms with Gasteiger partial charge >= 0.3 is 0 Å². The van der Waals surface area contributed by atoms with Crippen LogP contribution in [0.25, 0.3) is 33.1 Å². The summed E-state index contributed by atoms with van der Waals surface area (Å²) < 4.78 is 12.5. The normalized spacial score (nSPS) is 11.1. The van der Waals surface area contributed by atoms with Crippen LogP contribution in [-0.2, 0) is 0 Å². The van der Waals surface area contributed by atoms with Crippen molar-refractivity contribution in [2.45, 2.75) is 6.92 Å². The first-order chi connectivity index (χ1) is 15.6. The van der Waals surface area contributed by atoms with Gasteiger partial charge in [0.2, 0.25) is 0 Å². The summed E-state index contributed by atoms with van der Waals surface area (Å²) in [5.41, 5.74) is 4.56. The predicted molar refractivity (Wildman–Crippen MR) is 124 cm³/mol. The zero-order valence-electron chi connectivity index (χ0n) is 18.0. The molecular weight excluding hydrogens is 402 g/mol. The van der Waals surface area contributed by atoms with Gasteiger partial charge in [-0.15, -0.1) is 0 Å². The van der Waals surface area contributed by atoms with Crippen LogP contribution in [0, 0.1) is 6.92 Å². The largest absolute Gasteiger partial charge is 0.493 e. The molecule has 0 spiro atoms. The second kappa shape index (κ2) is 7.81. The Morgan fingerprint density at radius 3 is 2.50 bits per heavy atom. The molecule has 0 unspecified atom stereocenters. The summed E-state index contributed by atoms with van der Waals surface area (Å²) in [7, 11) is 3.21. The molecule has 3 heterocycles. The summed E-state index contributed by atoms with van der Waals surface area (Å²) in [6, 6.07) is 19.0. The number of nitrogens with zero attached hydrogens (tertiary/aromatic N) is 3. The minimum atomic E-state index is -0.151. The maximum Gasteiger partial charge on any atom is 0.264 e. The quantitative estimate of drug-likeness (QED) is 0.394. The van der Waals surface area contributed by atoms with Crippen LogP contribution < -0.4 is 9.47 Å². The monoisotopic (exact) mass is 423 g/mol. The van der Waals surface area contributed by atoms with Gasteiger partial charge in [0, 0.05) is 34.4 Å². The van der Waals surface area contributed by atoms with E-state index in [2.05, 4.69) is 9.97 Å². The van der Waals surface area contributed by atoms with E-state index in [0.717, 1.165) is 33.1 Å². The average Bonchev–Trinajstić information content (AvgIpc) is 3.22. The maximum atomic E-state index is 13.7. The molecule has 0 aliphatic heterocycles. The van der Waals surface area contributed by atoms with Crippen molar-refractivity contribution in [2.75, 3.05) is 14.2 Å². The van der Waals surface area contributed by atoms with Crippen LogP contribution in [0.3, 0.4) is 0 Å². The lowest BCUT2D eigenvalue weighted by atomic mass is 10.1. The number of aromatic nitrogens is 3. The number of carbonyl (C=O) groups excluding carboxylic acids is 1. The number of pyridine rings is 2. The van der Waals surface area contributed by atoms with Crippen molar-refractivity contribution in [2.24, 2.45) is 0 Å². The maximum absolute atomic E-state index is 13.7. The van der Waals surface area contributed by atoms with Crippen LogP contribution in [0.1, 0.15) is 16.1 Å². The molecule has 0 N–H and O–H groups in total. The Morgan fingerprint density at radius 2 is 1.69 bits per heavy atom. The molecule has 0 atom stereocenters. The minimum Gasteiger partial charge on any atom is -0.493 e. The third-order valence-electron chi connectivity index (χ3n) is 5.55. The first-order valence-corrected chi connectivity index (χ1v) is 10.2. The predicted octanol–water partition coefficient (Wildman–Crippen LogP) is 5.27. The summed E-state index contributed by atoms with van der Waals surface area (Å²) in [4.78, 5) is 22.8. The van der Waals surface area contributed by atoms with E-state index in [1.54, 1.807) is 25.0 Å². The molecule has 0 radical (unpaired) electrons. The third kappa shape index (κ3) is 3.17. The van der Waals surface area contributed by atoms with Crippen molar-refractivity contribution >= 4 is 27.8 Å². The number of hydrogen-bond acceptors (Lipinski definition) is 5. The Bertz CT molecular complexity index is 1490. The van der Waals surface area contributed by atoms with Crippen molar-refractivity contribution < 1.29 is 14.3 Å². The second-order valence-electron chi connectivity index (χ2n) is 7.49. The molecule has 5 rings (SSSR count). The molecule has 0 aliphatic carbocycles. The van der Waals surface area contributed by atoms with E-state index >= 15 is 0 Å². The smallest absolute Gasteiger partial charge is 0.264 e. The first kappa shape index (κ1) is 19.8. The molecule has 0 fully saturated rings. The van der Waals surface area contributed by atoms with Crippen molar-refractivity contribution in [3.8, 4) is 22.6 Å². The van der Waals surface area contributed by atoms with Crippen LogP contribution in [0.2, 0.25) is 0 Å². The van der Waals surface area contributed by atoms with E-state index < -0.39 is 0 Å². The molecule has 0 saturated heterocycles. The van der Waals surface area contributed by atoms with E-state index in [9.17, 15) is 4.79 Å². The van der Waals surface area contributed by atoms with Gasteiger partial charge in [-0.2, -0.15) is 0 Å². The highest BCUT2D eigenvalue weighted by Gasteiger charge is 2.20. The zero-order chi connectivity index (χ0) is 22.2. The van der Waals surface area contributed by atoms with Crippen LogP contribution in [-0.4, -0.2) is 34.7 Å². The lowest BCUT2D eigenvalue weighted by molar-refractivity contribution is 0.0966. The Balaban J connectivity index is 1.72. The number of methoxy groups -OCH3 is 2. The van der Waals surface area contributed by atoms with E-state index in [1.807, 2.05) is 73.8 Å². The van der Waals surface area contributed by atoms with Gasteiger partial charge in [0.1, 0.15) is 5.65 Å². The number of ether oxygens (including phenoxy) is 2. The summed E-state index contributed by atoms with van der Waals surface area (Å²) in [6.45, 7) is 1.89. The number of hydrogen-bond donors (Lipinski definition) is 0.